The van der Waals surface area contributed by atoms with E-state index in [1.54, 1.807) is 0 Å². The number of hydrogen-bond donors (Lipinski definition) is 0. The molecule has 0 heterocycles. The summed E-state index contributed by atoms with van der Waals surface area (Å²) in [6.07, 6.45) is 0. The summed E-state index contributed by atoms with van der Waals surface area (Å²) >= 11 is 6.24. The van der Waals surface area contributed by atoms with E-state index in [1.807, 2.05) is 0 Å². The monoisotopic (exact) mass is 418 g/mol. The first-order valence-electron chi connectivity index (χ1n) is 11.1. The van der Waals surface area contributed by atoms with Gasteiger partial charge in [-0.2, -0.15) is 0 Å². The summed E-state index contributed by atoms with van der Waals surface area (Å²) in [6, 6.07) is 31.5. The first-order chi connectivity index (χ1) is 15.8. The molecule has 9 rings (SSSR count). The van der Waals surface area contributed by atoms with Gasteiger partial charge < -0.3 is 0 Å². The van der Waals surface area contributed by atoms with Gasteiger partial charge in [0.15, 0.2) is 0 Å². The van der Waals surface area contributed by atoms with Crippen molar-refractivity contribution < 1.29 is 0 Å². The summed E-state index contributed by atoms with van der Waals surface area (Å²) in [7, 11) is 0. The minimum Gasteiger partial charge on any atom is -0.0787 e. The highest BCUT2D eigenvalue weighted by Crippen LogP contribution is 2.58. The van der Waals surface area contributed by atoms with Gasteiger partial charge in [-0.1, -0.05) is 97.1 Å². The molecule has 0 amide bonds. The molecule has 0 nitrogen and oxygen atoms in total. The standard InChI is InChI=1S/C31H14S/c32-31-29-21-13-9-17-5-1-3-15-7-11-19(25(21)23(15)17)27(29)28-20-12-8-16-4-2-6-18-10-14-22(30(28)31)26(20)24(16)18/h1-14H. The fourth-order valence-corrected chi connectivity index (χ4v) is 7.08. The topological polar surface area (TPSA) is 0 Å². The number of hydrogen-bond acceptors (Lipinski definition) is 1. The van der Waals surface area contributed by atoms with Crippen LogP contribution in [0.25, 0.3) is 86.9 Å². The van der Waals surface area contributed by atoms with E-state index in [-0.39, 0.29) is 0 Å². The molecule has 6 aromatic carbocycles. The Labute approximate surface area is 188 Å². The highest BCUT2D eigenvalue weighted by Gasteiger charge is 2.32. The third kappa shape index (κ3) is 1.53. The molecule has 0 unspecified atom stereocenters. The zero-order chi connectivity index (χ0) is 20.7. The second-order valence-electron chi connectivity index (χ2n) is 9.19. The van der Waals surface area contributed by atoms with Crippen molar-refractivity contribution in [3.05, 3.63) is 89.4 Å². The van der Waals surface area contributed by atoms with Crippen molar-refractivity contribution in [1.82, 2.24) is 0 Å². The lowest BCUT2D eigenvalue weighted by Crippen LogP contribution is -1.79. The molecule has 0 atom stereocenters. The zero-order valence-electron chi connectivity index (χ0n) is 17.0. The molecule has 0 bridgehead atoms. The Morgan fingerprint density at radius 1 is 0.344 bits per heavy atom. The summed E-state index contributed by atoms with van der Waals surface area (Å²) in [6.45, 7) is 0. The summed E-state index contributed by atoms with van der Waals surface area (Å²) in [5, 5.41) is 16.0. The second kappa shape index (κ2) is 4.98. The zero-order valence-corrected chi connectivity index (χ0v) is 17.8. The van der Waals surface area contributed by atoms with Gasteiger partial charge in [-0.3, -0.25) is 0 Å². The third-order valence-electron chi connectivity index (χ3n) is 7.83. The van der Waals surface area contributed by atoms with Gasteiger partial charge in [-0.05, 0) is 64.6 Å². The smallest absolute Gasteiger partial charge is 0.0547 e. The van der Waals surface area contributed by atoms with Gasteiger partial charge in [-0.25, -0.2) is 0 Å². The van der Waals surface area contributed by atoms with Crippen LogP contribution < -0.4 is 0 Å². The van der Waals surface area contributed by atoms with Crippen molar-refractivity contribution in [2.45, 2.75) is 0 Å². The van der Waals surface area contributed by atoms with Gasteiger partial charge in [0.05, 0.1) is 4.51 Å². The van der Waals surface area contributed by atoms with Crippen LogP contribution in [0.3, 0.4) is 0 Å². The van der Waals surface area contributed by atoms with E-state index >= 15 is 0 Å². The van der Waals surface area contributed by atoms with Gasteiger partial charge in [-0.15, -0.1) is 0 Å². The summed E-state index contributed by atoms with van der Waals surface area (Å²) in [5.74, 6) is 0. The molecule has 3 aliphatic carbocycles. The normalized spacial score (nSPS) is 13.1. The van der Waals surface area contributed by atoms with Crippen molar-refractivity contribution in [1.29, 1.82) is 0 Å². The van der Waals surface area contributed by atoms with Crippen molar-refractivity contribution in [2.24, 2.45) is 0 Å². The molecule has 0 saturated carbocycles. The molecule has 0 saturated heterocycles. The molecule has 0 fully saturated rings. The third-order valence-corrected chi connectivity index (χ3v) is 8.24. The Kier molecular flexibility index (Phi) is 2.48. The molecule has 3 aliphatic rings. The van der Waals surface area contributed by atoms with E-state index in [9.17, 15) is 0 Å². The maximum absolute atomic E-state index is 6.24. The van der Waals surface area contributed by atoms with Crippen LogP contribution in [0, 0.1) is 4.51 Å². The van der Waals surface area contributed by atoms with Crippen LogP contribution >= 0.6 is 12.2 Å². The molecule has 1 heteroatoms. The van der Waals surface area contributed by atoms with Crippen molar-refractivity contribution in [3.63, 3.8) is 0 Å². The number of rotatable bonds is 0. The summed E-state index contributed by atoms with van der Waals surface area (Å²) in [5.41, 5.74) is 5.23. The minimum atomic E-state index is 1.02. The van der Waals surface area contributed by atoms with Crippen LogP contribution in [0.2, 0.25) is 0 Å². The van der Waals surface area contributed by atoms with Gasteiger partial charge in [0.1, 0.15) is 0 Å². The molecule has 0 N–H and O–H groups in total. The molecule has 0 aromatic heterocycles. The Bertz CT molecular complexity index is 1960. The Balaban J connectivity index is 1.65. The molecule has 144 valence electrons. The van der Waals surface area contributed by atoms with Gasteiger partial charge >= 0.3 is 0 Å². The lowest BCUT2D eigenvalue weighted by Gasteiger charge is -2.06. The quantitative estimate of drug-likeness (QED) is 0.221. The second-order valence-corrected chi connectivity index (χ2v) is 9.60. The van der Waals surface area contributed by atoms with Gasteiger partial charge in [0, 0.05) is 22.3 Å². The first-order valence-corrected chi connectivity index (χ1v) is 11.5. The fraction of sp³-hybridized carbons (Fsp3) is 0. The van der Waals surface area contributed by atoms with Gasteiger partial charge in [0.25, 0.3) is 0 Å². The first kappa shape index (κ1) is 15.9. The predicted octanol–water partition coefficient (Wildman–Crippen LogP) is 9.30. The van der Waals surface area contributed by atoms with Crippen LogP contribution in [-0.2, 0) is 0 Å². The van der Waals surface area contributed by atoms with Crippen molar-refractivity contribution >= 4 is 76.9 Å². The number of benzene rings is 6. The fourth-order valence-electron chi connectivity index (χ4n) is 6.65. The van der Waals surface area contributed by atoms with E-state index in [1.165, 1.54) is 86.9 Å². The van der Waals surface area contributed by atoms with Crippen LogP contribution in [0.4, 0.5) is 0 Å². The van der Waals surface area contributed by atoms with Gasteiger partial charge in [0.2, 0.25) is 0 Å². The molecule has 0 radical (unpaired) electrons. The Morgan fingerprint density at radius 3 is 1.06 bits per heavy atom. The van der Waals surface area contributed by atoms with Crippen molar-refractivity contribution in [2.75, 3.05) is 0 Å². The Morgan fingerprint density at radius 2 is 0.688 bits per heavy atom. The van der Waals surface area contributed by atoms with Crippen LogP contribution in [-0.4, -0.2) is 0 Å². The molecule has 0 aliphatic heterocycles. The highest BCUT2D eigenvalue weighted by molar-refractivity contribution is 7.71. The lowest BCUT2D eigenvalue weighted by atomic mass is 9.97. The maximum Gasteiger partial charge on any atom is 0.0547 e. The molecular formula is C31H14S. The molecule has 6 aromatic rings. The largest absolute Gasteiger partial charge is 0.0787 e. The van der Waals surface area contributed by atoms with E-state index in [0.29, 0.717) is 0 Å². The van der Waals surface area contributed by atoms with Crippen LogP contribution in [0.5, 0.6) is 0 Å². The van der Waals surface area contributed by atoms with E-state index < -0.39 is 0 Å². The molecule has 0 spiro atoms. The average molecular weight is 419 g/mol. The van der Waals surface area contributed by atoms with E-state index in [0.717, 1.165) is 4.51 Å². The molecular weight excluding hydrogens is 404 g/mol. The summed E-state index contributed by atoms with van der Waals surface area (Å²) < 4.78 is 1.02. The van der Waals surface area contributed by atoms with E-state index in [4.69, 9.17) is 12.2 Å². The van der Waals surface area contributed by atoms with E-state index in [2.05, 4.69) is 84.9 Å². The van der Waals surface area contributed by atoms with Crippen molar-refractivity contribution in [3.8, 4) is 22.3 Å². The highest BCUT2D eigenvalue weighted by atomic mass is 32.1. The van der Waals surface area contributed by atoms with Crippen LogP contribution in [0.1, 0.15) is 0 Å². The minimum absolute atomic E-state index is 1.02. The summed E-state index contributed by atoms with van der Waals surface area (Å²) in [4.78, 5) is 0. The Hall–Kier alpha value is -3.81. The predicted molar refractivity (Wildman–Crippen MR) is 140 cm³/mol. The average Bonchev–Trinajstić information content (AvgIpc) is 3.44. The number of fused-ring (bicyclic) bond motifs is 7. The maximum atomic E-state index is 6.24. The SMILES string of the molecule is S=c1c2c3ccc4cccc5ccc(c-2c2c6ccc7cccc8ccc(c1-2)c6c78)c3c54. The lowest BCUT2D eigenvalue weighted by molar-refractivity contribution is 1.83. The van der Waals surface area contributed by atoms with Crippen LogP contribution in [0.15, 0.2) is 84.9 Å². The molecule has 32 heavy (non-hydrogen) atoms.